The van der Waals surface area contributed by atoms with Gasteiger partial charge in [-0.15, -0.1) is 0 Å². The van der Waals surface area contributed by atoms with Gasteiger partial charge in [0.15, 0.2) is 0 Å². The van der Waals surface area contributed by atoms with Crippen molar-refractivity contribution in [3.63, 3.8) is 0 Å². The van der Waals surface area contributed by atoms with Crippen LogP contribution in [0.15, 0.2) is 108 Å². The van der Waals surface area contributed by atoms with Crippen molar-refractivity contribution in [2.24, 2.45) is 17.8 Å². The molecule has 0 unspecified atom stereocenters. The summed E-state index contributed by atoms with van der Waals surface area (Å²) in [6.07, 6.45) is 15.5. The molecule has 0 saturated heterocycles. The van der Waals surface area contributed by atoms with E-state index in [1.54, 1.807) is 5.56 Å². The molecule has 0 spiro atoms. The van der Waals surface area contributed by atoms with Crippen LogP contribution in [-0.2, 0) is 10.8 Å². The average molecular weight is 668 g/mol. The second kappa shape index (κ2) is 11.1. The van der Waals surface area contributed by atoms with Gasteiger partial charge in [-0.05, 0) is 168 Å². The number of anilines is 3. The van der Waals surface area contributed by atoms with E-state index in [-0.39, 0.29) is 5.41 Å². The van der Waals surface area contributed by atoms with E-state index >= 15 is 0 Å². The van der Waals surface area contributed by atoms with Crippen LogP contribution in [0.4, 0.5) is 17.1 Å². The molecule has 0 amide bonds. The largest absolute Gasteiger partial charge is 0.456 e. The molecule has 51 heavy (non-hydrogen) atoms. The zero-order valence-corrected chi connectivity index (χ0v) is 30.3. The number of hydrogen-bond donors (Lipinski definition) is 0. The molecule has 5 saturated carbocycles. The summed E-state index contributed by atoms with van der Waals surface area (Å²) in [5.41, 5.74) is 14.5. The Kier molecular flexibility index (Phi) is 6.60. The van der Waals surface area contributed by atoms with E-state index in [0.717, 1.165) is 28.9 Å². The molecule has 4 bridgehead atoms. The summed E-state index contributed by atoms with van der Waals surface area (Å²) in [4.78, 5) is 2.52. The highest BCUT2D eigenvalue weighted by atomic mass is 16.3. The first-order valence-corrected chi connectivity index (χ1v) is 20.0. The molecule has 0 N–H and O–H groups in total. The normalized spacial score (nSPS) is 26.1. The van der Waals surface area contributed by atoms with Crippen molar-refractivity contribution in [1.82, 2.24) is 0 Å². The Labute approximate surface area is 302 Å². The number of rotatable bonds is 5. The maximum atomic E-state index is 6.38. The summed E-state index contributed by atoms with van der Waals surface area (Å²) < 4.78 is 6.38. The van der Waals surface area contributed by atoms with Crippen molar-refractivity contribution < 1.29 is 4.42 Å². The smallest absolute Gasteiger partial charge is 0.135 e. The fourth-order valence-electron chi connectivity index (χ4n) is 12.3. The molecule has 256 valence electrons. The van der Waals surface area contributed by atoms with E-state index in [0.29, 0.717) is 11.3 Å². The number of nitrogens with zero attached hydrogens (tertiary/aromatic N) is 1. The topological polar surface area (TPSA) is 16.4 Å². The standard InChI is InChI=1S/C49H49NO/c1-48(2)44-25-39(20-21-40(44)42-26-43-41-10-6-7-11-46(41)51-47(43)27-45(42)48)50(37-16-12-35(13-17-37)34-8-4-3-5-9-34)38-18-14-36(15-19-38)49-28-31-22-32(29-49)24-33(23-31)30-49/h6-7,10-21,25-27,31-34H,3-5,8-9,22-24,28-30H2,1-2H3. The van der Waals surface area contributed by atoms with Crippen LogP contribution >= 0.6 is 0 Å². The van der Waals surface area contributed by atoms with Gasteiger partial charge >= 0.3 is 0 Å². The maximum absolute atomic E-state index is 6.38. The van der Waals surface area contributed by atoms with Gasteiger partial charge in [0.1, 0.15) is 11.2 Å². The third kappa shape index (κ3) is 4.67. The summed E-state index contributed by atoms with van der Waals surface area (Å²) in [6, 6.07) is 39.9. The van der Waals surface area contributed by atoms with Crippen LogP contribution in [0.3, 0.4) is 0 Å². The van der Waals surface area contributed by atoms with Gasteiger partial charge in [0.05, 0.1) is 0 Å². The van der Waals surface area contributed by atoms with Gasteiger partial charge in [0.2, 0.25) is 0 Å². The molecule has 0 atom stereocenters. The van der Waals surface area contributed by atoms with E-state index in [1.165, 1.54) is 126 Å². The molecule has 0 radical (unpaired) electrons. The number of benzene rings is 5. The quantitative estimate of drug-likeness (QED) is 0.182. The van der Waals surface area contributed by atoms with Crippen LogP contribution in [0.2, 0.25) is 0 Å². The van der Waals surface area contributed by atoms with Crippen molar-refractivity contribution >= 4 is 39.0 Å². The van der Waals surface area contributed by atoms with Gasteiger partial charge in [-0.25, -0.2) is 0 Å². The Morgan fingerprint density at radius 2 is 1.20 bits per heavy atom. The molecule has 6 aliphatic carbocycles. The van der Waals surface area contributed by atoms with Gasteiger partial charge in [-0.3, -0.25) is 0 Å². The summed E-state index contributed by atoms with van der Waals surface area (Å²) in [6.45, 7) is 4.78. The lowest BCUT2D eigenvalue weighted by atomic mass is 9.48. The number of fused-ring (bicyclic) bond motifs is 6. The Morgan fingerprint density at radius 3 is 1.90 bits per heavy atom. The highest BCUT2D eigenvalue weighted by molar-refractivity contribution is 6.07. The second-order valence-corrected chi connectivity index (χ2v) is 17.9. The molecule has 5 fully saturated rings. The van der Waals surface area contributed by atoms with E-state index in [2.05, 4.69) is 122 Å². The third-order valence-electron chi connectivity index (χ3n) is 14.4. The average Bonchev–Trinajstić information content (AvgIpc) is 3.62. The van der Waals surface area contributed by atoms with Crippen LogP contribution < -0.4 is 4.90 Å². The fourth-order valence-corrected chi connectivity index (χ4v) is 12.3. The van der Waals surface area contributed by atoms with Crippen LogP contribution in [0.25, 0.3) is 33.1 Å². The Morgan fingerprint density at radius 1 is 0.569 bits per heavy atom. The number of furan rings is 1. The molecule has 6 aliphatic rings. The highest BCUT2D eigenvalue weighted by Gasteiger charge is 2.51. The van der Waals surface area contributed by atoms with Crippen molar-refractivity contribution in [1.29, 1.82) is 0 Å². The minimum atomic E-state index is -0.146. The first-order valence-electron chi connectivity index (χ1n) is 20.0. The third-order valence-corrected chi connectivity index (χ3v) is 14.4. The summed E-state index contributed by atoms with van der Waals surface area (Å²) >= 11 is 0. The summed E-state index contributed by atoms with van der Waals surface area (Å²) in [5, 5.41) is 2.40. The highest BCUT2D eigenvalue weighted by Crippen LogP contribution is 2.61. The first-order chi connectivity index (χ1) is 24.9. The molecule has 2 nitrogen and oxygen atoms in total. The molecule has 12 rings (SSSR count). The summed E-state index contributed by atoms with van der Waals surface area (Å²) in [7, 11) is 0. The van der Waals surface area contributed by atoms with Crippen LogP contribution in [0.5, 0.6) is 0 Å². The number of hydrogen-bond acceptors (Lipinski definition) is 2. The van der Waals surface area contributed by atoms with Gasteiger partial charge in [-0.2, -0.15) is 0 Å². The molecule has 6 aromatic rings. The zero-order chi connectivity index (χ0) is 33.9. The Hall–Kier alpha value is -4.30. The van der Waals surface area contributed by atoms with Crippen molar-refractivity contribution in [3.05, 3.63) is 125 Å². The minimum Gasteiger partial charge on any atom is -0.456 e. The Bertz CT molecular complexity index is 2260. The molecule has 0 aliphatic heterocycles. The van der Waals surface area contributed by atoms with Gasteiger partial charge < -0.3 is 9.32 Å². The second-order valence-electron chi connectivity index (χ2n) is 17.9. The lowest BCUT2D eigenvalue weighted by molar-refractivity contribution is -0.00518. The molecule has 1 heterocycles. The lowest BCUT2D eigenvalue weighted by Gasteiger charge is -2.57. The molecule has 1 aromatic heterocycles. The zero-order valence-electron chi connectivity index (χ0n) is 30.3. The van der Waals surface area contributed by atoms with Crippen LogP contribution in [0, 0.1) is 17.8 Å². The minimum absolute atomic E-state index is 0.146. The monoisotopic (exact) mass is 667 g/mol. The van der Waals surface area contributed by atoms with Gasteiger partial charge in [0.25, 0.3) is 0 Å². The van der Waals surface area contributed by atoms with Crippen molar-refractivity contribution in [2.75, 3.05) is 4.90 Å². The van der Waals surface area contributed by atoms with Crippen LogP contribution in [0.1, 0.15) is 113 Å². The molecule has 2 heteroatoms. The predicted octanol–water partition coefficient (Wildman–Crippen LogP) is 13.9. The van der Waals surface area contributed by atoms with E-state index in [9.17, 15) is 0 Å². The predicted molar refractivity (Wildman–Crippen MR) is 212 cm³/mol. The lowest BCUT2D eigenvalue weighted by Crippen LogP contribution is -2.48. The van der Waals surface area contributed by atoms with Crippen LogP contribution in [-0.4, -0.2) is 0 Å². The first kappa shape index (κ1) is 30.3. The van der Waals surface area contributed by atoms with E-state index in [4.69, 9.17) is 4.42 Å². The summed E-state index contributed by atoms with van der Waals surface area (Å²) in [5.74, 6) is 3.57. The van der Waals surface area contributed by atoms with Crippen molar-refractivity contribution in [2.45, 2.75) is 101 Å². The van der Waals surface area contributed by atoms with Gasteiger partial charge in [0, 0.05) is 33.2 Å². The molecule has 5 aromatic carbocycles. The number of para-hydroxylation sites is 1. The maximum Gasteiger partial charge on any atom is 0.135 e. The molecular formula is C49H49NO. The van der Waals surface area contributed by atoms with E-state index in [1.807, 2.05) is 0 Å². The molecular weight excluding hydrogens is 619 g/mol. The van der Waals surface area contributed by atoms with Crippen molar-refractivity contribution in [3.8, 4) is 11.1 Å². The Balaban J connectivity index is 1.01. The van der Waals surface area contributed by atoms with E-state index < -0.39 is 0 Å². The SMILES string of the molecule is CC1(C)c2cc(N(c3ccc(C4CCCCC4)cc3)c3ccc(C45CC6CC(CC(C6)C4)C5)cc3)ccc2-c2cc3c(cc21)oc1ccccc13. The fraction of sp³-hybridized carbons (Fsp3) is 0.388. The van der Waals surface area contributed by atoms with Gasteiger partial charge in [-0.1, -0.05) is 81.6 Å².